The van der Waals surface area contributed by atoms with Crippen LogP contribution in [0.5, 0.6) is 5.75 Å². The second kappa shape index (κ2) is 6.14. The van der Waals surface area contributed by atoms with Gasteiger partial charge in [-0.3, -0.25) is 0 Å². The van der Waals surface area contributed by atoms with Crippen molar-refractivity contribution in [1.29, 1.82) is 0 Å². The molecule has 0 radical (unpaired) electrons. The maximum atomic E-state index is 11.6. The van der Waals surface area contributed by atoms with Gasteiger partial charge >= 0.3 is 0 Å². The lowest BCUT2D eigenvalue weighted by molar-refractivity contribution is 0.180. The highest BCUT2D eigenvalue weighted by molar-refractivity contribution is 7.88. The second-order valence-electron chi connectivity index (χ2n) is 5.76. The van der Waals surface area contributed by atoms with Crippen molar-refractivity contribution in [3.8, 4) is 5.75 Å². The van der Waals surface area contributed by atoms with Crippen LogP contribution in [0, 0.1) is 19.8 Å². The first-order valence-electron chi connectivity index (χ1n) is 7.01. The van der Waals surface area contributed by atoms with E-state index in [1.54, 1.807) is 4.31 Å². The third kappa shape index (κ3) is 4.21. The Morgan fingerprint density at radius 2 is 1.90 bits per heavy atom. The molecule has 1 atom stereocenters. The number of hydrogen-bond acceptors (Lipinski definition) is 3. The standard InChI is InChI=1S/C15H23NO3S/c1-12-7-13(2)9-15(8-12)19-11-14-5-4-6-16(10-14)20(3,17)18/h7-9,14H,4-6,10-11H2,1-3H3. The van der Waals surface area contributed by atoms with Gasteiger partial charge in [0, 0.05) is 19.0 Å². The summed E-state index contributed by atoms with van der Waals surface area (Å²) in [4.78, 5) is 0. The molecule has 1 saturated heterocycles. The molecule has 0 spiro atoms. The van der Waals surface area contributed by atoms with Gasteiger partial charge in [0.05, 0.1) is 12.9 Å². The van der Waals surface area contributed by atoms with Crippen molar-refractivity contribution in [2.45, 2.75) is 26.7 Å². The molecule has 1 aliphatic rings. The number of piperidine rings is 1. The van der Waals surface area contributed by atoms with Crippen molar-refractivity contribution >= 4 is 10.0 Å². The Hall–Kier alpha value is -1.07. The molecule has 1 heterocycles. The van der Waals surface area contributed by atoms with Crippen molar-refractivity contribution in [2.24, 2.45) is 5.92 Å². The van der Waals surface area contributed by atoms with Crippen LogP contribution in [-0.4, -0.2) is 38.7 Å². The Bertz CT molecular complexity index is 548. The molecular formula is C15H23NO3S. The highest BCUT2D eigenvalue weighted by atomic mass is 32.2. The maximum Gasteiger partial charge on any atom is 0.211 e. The summed E-state index contributed by atoms with van der Waals surface area (Å²) in [5, 5.41) is 0. The Labute approximate surface area is 121 Å². The average molecular weight is 297 g/mol. The fourth-order valence-electron chi connectivity index (χ4n) is 2.69. The van der Waals surface area contributed by atoms with Gasteiger partial charge in [-0.1, -0.05) is 6.07 Å². The van der Waals surface area contributed by atoms with Crippen LogP contribution >= 0.6 is 0 Å². The van der Waals surface area contributed by atoms with E-state index in [2.05, 4.69) is 6.07 Å². The molecule has 1 aliphatic heterocycles. The minimum absolute atomic E-state index is 0.277. The molecule has 0 aromatic heterocycles. The van der Waals surface area contributed by atoms with Crippen LogP contribution in [0.3, 0.4) is 0 Å². The van der Waals surface area contributed by atoms with Gasteiger partial charge in [0.25, 0.3) is 0 Å². The summed E-state index contributed by atoms with van der Waals surface area (Å²) in [6.07, 6.45) is 3.21. The van der Waals surface area contributed by atoms with Gasteiger partial charge in [-0.15, -0.1) is 0 Å². The molecule has 0 saturated carbocycles. The van der Waals surface area contributed by atoms with Crippen molar-refractivity contribution in [3.05, 3.63) is 29.3 Å². The number of benzene rings is 1. The molecule has 1 unspecified atom stereocenters. The molecule has 1 fully saturated rings. The predicted octanol–water partition coefficient (Wildman–Crippen LogP) is 2.35. The zero-order chi connectivity index (χ0) is 14.8. The molecule has 0 amide bonds. The van der Waals surface area contributed by atoms with E-state index in [-0.39, 0.29) is 5.92 Å². The maximum absolute atomic E-state index is 11.6. The fraction of sp³-hybridized carbons (Fsp3) is 0.600. The number of ether oxygens (including phenoxy) is 1. The van der Waals surface area contributed by atoms with E-state index < -0.39 is 10.0 Å². The summed E-state index contributed by atoms with van der Waals surface area (Å²) in [5.41, 5.74) is 2.36. The minimum atomic E-state index is -3.08. The molecule has 112 valence electrons. The first kappa shape index (κ1) is 15.3. The first-order chi connectivity index (χ1) is 9.34. The lowest BCUT2D eigenvalue weighted by atomic mass is 10.0. The van der Waals surface area contributed by atoms with Crippen LogP contribution in [0.2, 0.25) is 0 Å². The summed E-state index contributed by atoms with van der Waals surface area (Å²) in [7, 11) is -3.08. The van der Waals surface area contributed by atoms with E-state index in [9.17, 15) is 8.42 Å². The van der Waals surface area contributed by atoms with E-state index in [1.807, 2.05) is 26.0 Å². The van der Waals surface area contributed by atoms with Crippen LogP contribution < -0.4 is 4.74 Å². The van der Waals surface area contributed by atoms with Crippen molar-refractivity contribution in [1.82, 2.24) is 4.31 Å². The van der Waals surface area contributed by atoms with Gasteiger partial charge < -0.3 is 4.74 Å². The van der Waals surface area contributed by atoms with E-state index >= 15 is 0 Å². The van der Waals surface area contributed by atoms with Crippen molar-refractivity contribution in [3.63, 3.8) is 0 Å². The number of sulfonamides is 1. The summed E-state index contributed by atoms with van der Waals surface area (Å²) in [6, 6.07) is 6.15. The smallest absolute Gasteiger partial charge is 0.211 e. The summed E-state index contributed by atoms with van der Waals surface area (Å²) in [5.74, 6) is 1.15. The van der Waals surface area contributed by atoms with Gasteiger partial charge in [0.2, 0.25) is 10.0 Å². The molecule has 5 heteroatoms. The van der Waals surface area contributed by atoms with Gasteiger partial charge in [-0.05, 0) is 49.9 Å². The average Bonchev–Trinajstić information content (AvgIpc) is 2.35. The first-order valence-corrected chi connectivity index (χ1v) is 8.85. The Kier molecular flexibility index (Phi) is 4.70. The normalized spacial score (nSPS) is 20.9. The molecule has 20 heavy (non-hydrogen) atoms. The van der Waals surface area contributed by atoms with Crippen LogP contribution in [0.25, 0.3) is 0 Å². The number of aryl methyl sites for hydroxylation is 2. The SMILES string of the molecule is Cc1cc(C)cc(OCC2CCCN(S(C)(=O)=O)C2)c1. The topological polar surface area (TPSA) is 46.6 Å². The zero-order valence-electron chi connectivity index (χ0n) is 12.4. The molecule has 0 N–H and O–H groups in total. The third-order valence-electron chi connectivity index (χ3n) is 3.63. The van der Waals surface area contributed by atoms with Crippen LogP contribution in [0.4, 0.5) is 0 Å². The molecule has 1 aromatic carbocycles. The quantitative estimate of drug-likeness (QED) is 0.857. The van der Waals surface area contributed by atoms with Gasteiger partial charge in [-0.25, -0.2) is 12.7 Å². The molecule has 0 bridgehead atoms. The highest BCUT2D eigenvalue weighted by Crippen LogP contribution is 2.21. The Balaban J connectivity index is 1.93. The van der Waals surface area contributed by atoms with Crippen LogP contribution in [-0.2, 0) is 10.0 Å². The van der Waals surface area contributed by atoms with Crippen molar-refractivity contribution < 1.29 is 13.2 Å². The second-order valence-corrected chi connectivity index (χ2v) is 7.75. The van der Waals surface area contributed by atoms with Crippen LogP contribution in [0.1, 0.15) is 24.0 Å². The van der Waals surface area contributed by atoms with E-state index in [0.717, 1.165) is 18.6 Å². The number of rotatable bonds is 4. The third-order valence-corrected chi connectivity index (χ3v) is 4.90. The molecule has 4 nitrogen and oxygen atoms in total. The largest absolute Gasteiger partial charge is 0.493 e. The summed E-state index contributed by atoms with van der Waals surface area (Å²) >= 11 is 0. The van der Waals surface area contributed by atoms with Gasteiger partial charge in [0.1, 0.15) is 5.75 Å². The zero-order valence-corrected chi connectivity index (χ0v) is 13.2. The van der Waals surface area contributed by atoms with E-state index in [0.29, 0.717) is 19.7 Å². The number of hydrogen-bond donors (Lipinski definition) is 0. The van der Waals surface area contributed by atoms with Crippen LogP contribution in [0.15, 0.2) is 18.2 Å². The predicted molar refractivity (Wildman–Crippen MR) is 80.6 cm³/mol. The Morgan fingerprint density at radius 3 is 2.50 bits per heavy atom. The number of nitrogens with zero attached hydrogens (tertiary/aromatic N) is 1. The van der Waals surface area contributed by atoms with Crippen molar-refractivity contribution in [2.75, 3.05) is 26.0 Å². The lowest BCUT2D eigenvalue weighted by Crippen LogP contribution is -2.40. The van der Waals surface area contributed by atoms with E-state index in [4.69, 9.17) is 4.74 Å². The molecule has 2 rings (SSSR count). The van der Waals surface area contributed by atoms with Gasteiger partial charge in [-0.2, -0.15) is 0 Å². The Morgan fingerprint density at radius 1 is 1.25 bits per heavy atom. The minimum Gasteiger partial charge on any atom is -0.493 e. The van der Waals surface area contributed by atoms with E-state index in [1.165, 1.54) is 17.4 Å². The molecular weight excluding hydrogens is 274 g/mol. The molecule has 1 aromatic rings. The monoisotopic (exact) mass is 297 g/mol. The summed E-state index contributed by atoms with van der Waals surface area (Å²) < 4.78 is 30.6. The summed E-state index contributed by atoms with van der Waals surface area (Å²) in [6.45, 7) is 5.88. The van der Waals surface area contributed by atoms with Gasteiger partial charge in [0.15, 0.2) is 0 Å². The highest BCUT2D eigenvalue weighted by Gasteiger charge is 2.26. The fourth-order valence-corrected chi connectivity index (χ4v) is 3.64. The molecule has 0 aliphatic carbocycles. The lowest BCUT2D eigenvalue weighted by Gasteiger charge is -2.30.